The molecule has 2 fully saturated rings. The Morgan fingerprint density at radius 2 is 2.00 bits per heavy atom. The molecule has 1 N–H and O–H groups in total. The maximum atomic E-state index is 12.4. The molecule has 0 bridgehead atoms. The number of likely N-dealkylation sites (N-methyl/N-ethyl adjacent to an activating group) is 1. The van der Waals surface area contributed by atoms with Crippen LogP contribution in [0.25, 0.3) is 0 Å². The van der Waals surface area contributed by atoms with Gasteiger partial charge in [0.1, 0.15) is 0 Å². The van der Waals surface area contributed by atoms with Crippen molar-refractivity contribution in [3.8, 4) is 0 Å². The summed E-state index contributed by atoms with van der Waals surface area (Å²) in [4.78, 5) is 32.3. The molecular weight excluding hydrogens is 370 g/mol. The zero-order valence-electron chi connectivity index (χ0n) is 17.1. The van der Waals surface area contributed by atoms with E-state index >= 15 is 0 Å². The highest BCUT2D eigenvalue weighted by Crippen LogP contribution is 2.30. The van der Waals surface area contributed by atoms with Gasteiger partial charge >= 0.3 is 6.03 Å². The van der Waals surface area contributed by atoms with Crippen molar-refractivity contribution in [1.29, 1.82) is 0 Å². The van der Waals surface area contributed by atoms with Gasteiger partial charge in [-0.2, -0.15) is 4.98 Å². The molecule has 1 saturated carbocycles. The monoisotopic (exact) mass is 397 g/mol. The van der Waals surface area contributed by atoms with Gasteiger partial charge in [-0.1, -0.05) is 11.2 Å². The van der Waals surface area contributed by atoms with Gasteiger partial charge in [0.05, 0.1) is 5.92 Å². The Hall–Kier alpha value is -2.90. The summed E-state index contributed by atoms with van der Waals surface area (Å²) in [5.74, 6) is 1.65. The predicted octanol–water partition coefficient (Wildman–Crippen LogP) is 2.73. The summed E-state index contributed by atoms with van der Waals surface area (Å²) in [6.45, 7) is 5.76. The highest BCUT2D eigenvalue weighted by atomic mass is 16.5. The molecule has 8 nitrogen and oxygen atoms in total. The number of hydrogen-bond donors (Lipinski definition) is 1. The maximum Gasteiger partial charge on any atom is 0.321 e. The number of hydrogen-bond acceptors (Lipinski definition) is 5. The molecule has 1 saturated heterocycles. The van der Waals surface area contributed by atoms with E-state index < -0.39 is 0 Å². The molecule has 1 aliphatic heterocycles. The molecule has 3 amide bonds. The van der Waals surface area contributed by atoms with E-state index in [4.69, 9.17) is 4.52 Å². The van der Waals surface area contributed by atoms with Crippen LogP contribution in [0.1, 0.15) is 41.6 Å². The first-order valence-electron chi connectivity index (χ1n) is 10.1. The molecule has 2 aliphatic rings. The normalized spacial score (nSPS) is 16.4. The van der Waals surface area contributed by atoms with E-state index in [-0.39, 0.29) is 23.8 Å². The third-order valence-corrected chi connectivity index (χ3v) is 5.73. The Bertz CT molecular complexity index is 915. The second-order valence-electron chi connectivity index (χ2n) is 8.16. The number of rotatable bonds is 6. The number of aromatic nitrogens is 2. The fraction of sp³-hybridized carbons (Fsp3) is 0.524. The lowest BCUT2D eigenvalue weighted by Crippen LogP contribution is -2.50. The Morgan fingerprint density at radius 3 is 2.69 bits per heavy atom. The summed E-state index contributed by atoms with van der Waals surface area (Å²) in [6, 6.07) is 5.76. The molecule has 0 atom stereocenters. The van der Waals surface area contributed by atoms with Crippen molar-refractivity contribution in [2.24, 2.45) is 5.92 Å². The number of carbonyl (C=O) groups is 2. The van der Waals surface area contributed by atoms with Crippen LogP contribution in [0.5, 0.6) is 0 Å². The number of carbonyl (C=O) groups excluding carboxylic acids is 2. The van der Waals surface area contributed by atoms with E-state index in [1.54, 1.807) is 9.80 Å². The minimum Gasteiger partial charge on any atom is -0.345 e. The van der Waals surface area contributed by atoms with Crippen molar-refractivity contribution < 1.29 is 14.1 Å². The van der Waals surface area contributed by atoms with Crippen LogP contribution >= 0.6 is 0 Å². The number of benzene rings is 1. The lowest BCUT2D eigenvalue weighted by Gasteiger charge is -2.36. The molecule has 29 heavy (non-hydrogen) atoms. The van der Waals surface area contributed by atoms with Crippen molar-refractivity contribution in [1.82, 2.24) is 19.9 Å². The predicted molar refractivity (Wildman–Crippen MR) is 108 cm³/mol. The molecule has 4 rings (SSSR count). The van der Waals surface area contributed by atoms with Crippen LogP contribution in [0.2, 0.25) is 0 Å². The molecule has 0 unspecified atom stereocenters. The minimum atomic E-state index is -0.121. The number of likely N-dealkylation sites (tertiary alicyclic amines) is 1. The maximum absolute atomic E-state index is 12.4. The lowest BCUT2D eigenvalue weighted by molar-refractivity contribution is -0.131. The molecular formula is C21H27N5O3. The summed E-state index contributed by atoms with van der Waals surface area (Å²) in [7, 11) is 1.82. The van der Waals surface area contributed by atoms with E-state index in [1.165, 1.54) is 5.56 Å². The lowest BCUT2D eigenvalue weighted by atomic mass is 10.0. The van der Waals surface area contributed by atoms with Crippen LogP contribution in [0, 0.1) is 19.8 Å². The largest absolute Gasteiger partial charge is 0.345 e. The highest BCUT2D eigenvalue weighted by molar-refractivity contribution is 5.90. The van der Waals surface area contributed by atoms with Gasteiger partial charge in [0, 0.05) is 44.7 Å². The number of amides is 3. The Balaban J connectivity index is 1.24. The van der Waals surface area contributed by atoms with Crippen molar-refractivity contribution in [3.05, 3.63) is 41.0 Å². The molecule has 2 heterocycles. The van der Waals surface area contributed by atoms with Crippen LogP contribution in [0.3, 0.4) is 0 Å². The van der Waals surface area contributed by atoms with Gasteiger partial charge in [-0.25, -0.2) is 4.79 Å². The zero-order chi connectivity index (χ0) is 20.5. The highest BCUT2D eigenvalue weighted by Gasteiger charge is 2.36. The SMILES string of the molecule is Cc1ccc(NC(=O)N2CC(c3nc(CCN(C)C(=O)C4CC4)no3)C2)cc1C. The molecule has 0 radical (unpaired) electrons. The first kappa shape index (κ1) is 19.4. The van der Waals surface area contributed by atoms with Crippen molar-refractivity contribution in [3.63, 3.8) is 0 Å². The first-order valence-corrected chi connectivity index (χ1v) is 10.1. The third-order valence-electron chi connectivity index (χ3n) is 5.73. The van der Waals surface area contributed by atoms with E-state index in [9.17, 15) is 9.59 Å². The van der Waals surface area contributed by atoms with Gasteiger partial charge in [-0.3, -0.25) is 4.79 Å². The Morgan fingerprint density at radius 1 is 1.24 bits per heavy atom. The number of urea groups is 1. The van der Waals surface area contributed by atoms with Gasteiger partial charge in [0.15, 0.2) is 5.82 Å². The van der Waals surface area contributed by atoms with E-state index in [0.717, 1.165) is 24.1 Å². The Labute approximate surface area is 170 Å². The molecule has 8 heteroatoms. The van der Waals surface area contributed by atoms with Crippen LogP contribution in [-0.4, -0.2) is 58.6 Å². The summed E-state index contributed by atoms with van der Waals surface area (Å²) < 4.78 is 5.37. The van der Waals surface area contributed by atoms with Crippen molar-refractivity contribution in [2.45, 2.75) is 39.0 Å². The van der Waals surface area contributed by atoms with Crippen LogP contribution < -0.4 is 5.32 Å². The zero-order valence-corrected chi connectivity index (χ0v) is 17.1. The topological polar surface area (TPSA) is 91.6 Å². The number of anilines is 1. The van der Waals surface area contributed by atoms with Gasteiger partial charge < -0.3 is 19.6 Å². The Kier molecular flexibility index (Phi) is 5.25. The van der Waals surface area contributed by atoms with Gasteiger partial charge in [-0.15, -0.1) is 0 Å². The van der Waals surface area contributed by atoms with Crippen LogP contribution in [0.4, 0.5) is 10.5 Å². The second kappa shape index (κ2) is 7.85. The number of nitrogens with zero attached hydrogens (tertiary/aromatic N) is 4. The fourth-order valence-corrected chi connectivity index (χ4v) is 3.38. The third kappa shape index (κ3) is 4.41. The fourth-order valence-electron chi connectivity index (χ4n) is 3.38. The second-order valence-corrected chi connectivity index (χ2v) is 8.16. The van der Waals surface area contributed by atoms with E-state index in [0.29, 0.717) is 37.8 Å². The van der Waals surface area contributed by atoms with Crippen LogP contribution in [0.15, 0.2) is 22.7 Å². The van der Waals surface area contributed by atoms with Gasteiger partial charge in [0.25, 0.3) is 0 Å². The van der Waals surface area contributed by atoms with E-state index in [1.807, 2.05) is 39.1 Å². The molecule has 2 aromatic rings. The first-order chi connectivity index (χ1) is 13.9. The molecule has 1 aromatic carbocycles. The molecule has 154 valence electrons. The average Bonchev–Trinajstić information content (AvgIpc) is 3.40. The smallest absolute Gasteiger partial charge is 0.321 e. The summed E-state index contributed by atoms with van der Waals surface area (Å²) in [5, 5.41) is 6.95. The molecule has 1 aliphatic carbocycles. The van der Waals surface area contributed by atoms with Crippen molar-refractivity contribution in [2.75, 3.05) is 32.0 Å². The van der Waals surface area contributed by atoms with E-state index in [2.05, 4.69) is 15.5 Å². The van der Waals surface area contributed by atoms with Gasteiger partial charge in [-0.05, 0) is 49.9 Å². The number of nitrogens with one attached hydrogen (secondary N) is 1. The van der Waals surface area contributed by atoms with Crippen LogP contribution in [-0.2, 0) is 11.2 Å². The van der Waals surface area contributed by atoms with Gasteiger partial charge in [0.2, 0.25) is 11.8 Å². The summed E-state index contributed by atoms with van der Waals surface area (Å²) in [5.41, 5.74) is 3.14. The summed E-state index contributed by atoms with van der Waals surface area (Å²) >= 11 is 0. The minimum absolute atomic E-state index is 0.0626. The molecule has 1 aromatic heterocycles. The standard InChI is InChI=1S/C21H27N5O3/c1-13-4-7-17(10-14(13)2)22-21(28)26-11-16(12-26)19-23-18(24-29-19)8-9-25(3)20(27)15-5-6-15/h4,7,10,15-16H,5-6,8-9,11-12H2,1-3H3,(H,22,28). The van der Waals surface area contributed by atoms with Crippen molar-refractivity contribution >= 4 is 17.6 Å². The number of aryl methyl sites for hydroxylation is 2. The summed E-state index contributed by atoms with van der Waals surface area (Å²) in [6.07, 6.45) is 2.58. The molecule has 0 spiro atoms. The quantitative estimate of drug-likeness (QED) is 0.809. The average molecular weight is 397 g/mol.